The van der Waals surface area contributed by atoms with Crippen LogP contribution >= 0.6 is 11.3 Å². The lowest BCUT2D eigenvalue weighted by atomic mass is 9.91. The number of fused-ring (bicyclic) bond motifs is 2. The lowest BCUT2D eigenvalue weighted by Gasteiger charge is -2.26. The smallest absolute Gasteiger partial charge is 0.338 e. The van der Waals surface area contributed by atoms with Gasteiger partial charge in [0.1, 0.15) is 0 Å². The second kappa shape index (κ2) is 10.6. The molecule has 0 fully saturated rings. The van der Waals surface area contributed by atoms with Crippen LogP contribution in [0.1, 0.15) is 55.0 Å². The van der Waals surface area contributed by atoms with Gasteiger partial charge in [0, 0.05) is 28.2 Å². The van der Waals surface area contributed by atoms with Gasteiger partial charge in [-0.15, -0.1) is 0 Å². The van der Waals surface area contributed by atoms with Gasteiger partial charge >= 0.3 is 5.97 Å². The van der Waals surface area contributed by atoms with Crippen molar-refractivity contribution in [2.45, 2.75) is 32.7 Å². The van der Waals surface area contributed by atoms with E-state index >= 15 is 0 Å². The molecule has 2 aromatic heterocycles. The fourth-order valence-electron chi connectivity index (χ4n) is 5.17. The number of nitrogens with zero attached hydrogens (tertiary/aromatic N) is 2. The van der Waals surface area contributed by atoms with E-state index in [0.717, 1.165) is 27.6 Å². The summed E-state index contributed by atoms with van der Waals surface area (Å²) in [5.74, 6) is -0.124. The predicted octanol–water partition coefficient (Wildman–Crippen LogP) is 5.54. The summed E-state index contributed by atoms with van der Waals surface area (Å²) in [7, 11) is 0. The summed E-state index contributed by atoms with van der Waals surface area (Å²) in [5.41, 5.74) is 5.42. The number of nitrogens with one attached hydrogen (secondary N) is 1. The van der Waals surface area contributed by atoms with Crippen LogP contribution in [0, 0.1) is 0 Å². The fourth-order valence-corrected chi connectivity index (χ4v) is 6.17. The molecule has 0 spiro atoms. The van der Waals surface area contributed by atoms with E-state index in [4.69, 9.17) is 9.73 Å². The average Bonchev–Trinajstić information content (AvgIpc) is 3.53. The Morgan fingerprint density at radius 3 is 2.50 bits per heavy atom. The number of ether oxygens (including phenoxy) is 1. The summed E-state index contributed by atoms with van der Waals surface area (Å²) in [5, 5.41) is 1.03. The predicted molar refractivity (Wildman–Crippen MR) is 160 cm³/mol. The molecule has 0 bridgehead atoms. The van der Waals surface area contributed by atoms with Gasteiger partial charge in [-0.3, -0.25) is 9.36 Å². The van der Waals surface area contributed by atoms with Crippen molar-refractivity contribution in [2.75, 3.05) is 6.61 Å². The van der Waals surface area contributed by atoms with Gasteiger partial charge in [0.05, 0.1) is 28.5 Å². The summed E-state index contributed by atoms with van der Waals surface area (Å²) in [4.78, 5) is 36.5. The van der Waals surface area contributed by atoms with Crippen molar-refractivity contribution >= 4 is 40.0 Å². The third-order valence-electron chi connectivity index (χ3n) is 7.20. The van der Waals surface area contributed by atoms with Crippen LogP contribution in [-0.4, -0.2) is 22.1 Å². The molecule has 0 saturated carbocycles. The van der Waals surface area contributed by atoms with Crippen molar-refractivity contribution in [3.05, 3.63) is 133 Å². The van der Waals surface area contributed by atoms with E-state index in [1.165, 1.54) is 16.9 Å². The van der Waals surface area contributed by atoms with Gasteiger partial charge in [0.25, 0.3) is 5.56 Å². The number of hydrogen-bond donors (Lipinski definition) is 1. The molecule has 1 aliphatic rings. The molecule has 0 amide bonds. The zero-order valence-corrected chi connectivity index (χ0v) is 23.4. The number of aromatic amines is 1. The zero-order chi connectivity index (χ0) is 27.8. The Balaban J connectivity index is 1.64. The first-order valence-corrected chi connectivity index (χ1v) is 14.2. The number of benzene rings is 3. The molecule has 6 nitrogen and oxygen atoms in total. The zero-order valence-electron chi connectivity index (χ0n) is 22.5. The van der Waals surface area contributed by atoms with Crippen LogP contribution in [0.3, 0.4) is 0 Å². The van der Waals surface area contributed by atoms with Crippen molar-refractivity contribution in [1.29, 1.82) is 0 Å². The normalized spacial score (nSPS) is 15.4. The van der Waals surface area contributed by atoms with E-state index in [1.807, 2.05) is 79.0 Å². The highest BCUT2D eigenvalue weighted by atomic mass is 32.1. The average molecular weight is 548 g/mol. The van der Waals surface area contributed by atoms with Gasteiger partial charge in [-0.25, -0.2) is 9.79 Å². The minimum Gasteiger partial charge on any atom is -0.463 e. The summed E-state index contributed by atoms with van der Waals surface area (Å²) in [6.45, 7) is 6.28. The molecule has 1 aliphatic heterocycles. The number of esters is 1. The van der Waals surface area contributed by atoms with Crippen LogP contribution in [-0.2, 0) is 9.53 Å². The third kappa shape index (κ3) is 4.52. The number of rotatable bonds is 6. The first-order valence-electron chi connectivity index (χ1n) is 13.4. The molecule has 0 aliphatic carbocycles. The van der Waals surface area contributed by atoms with Gasteiger partial charge in [-0.2, -0.15) is 0 Å². The molecular weight excluding hydrogens is 518 g/mol. The lowest BCUT2D eigenvalue weighted by Crippen LogP contribution is -2.40. The molecule has 1 atom stereocenters. The highest BCUT2D eigenvalue weighted by Gasteiger charge is 2.35. The summed E-state index contributed by atoms with van der Waals surface area (Å²) >= 11 is 1.33. The topological polar surface area (TPSA) is 76.4 Å². The number of para-hydroxylation sites is 1. The van der Waals surface area contributed by atoms with Gasteiger partial charge in [-0.1, -0.05) is 98.0 Å². The van der Waals surface area contributed by atoms with Crippen LogP contribution < -0.4 is 14.9 Å². The van der Waals surface area contributed by atoms with Crippen molar-refractivity contribution in [1.82, 2.24) is 9.55 Å². The van der Waals surface area contributed by atoms with E-state index in [-0.39, 0.29) is 12.2 Å². The number of carbonyl (C=O) groups excluding carboxylic acids is 1. The van der Waals surface area contributed by atoms with Crippen LogP contribution in [0.25, 0.3) is 22.7 Å². The van der Waals surface area contributed by atoms with Crippen LogP contribution in [0.4, 0.5) is 0 Å². The molecule has 3 aromatic carbocycles. The standard InChI is InChI=1S/C33H29N3O3S/c1-4-39-32(38)28-29(22-10-6-5-7-11-22)35-33-36(30(28)23-16-14-21(15-17-23)20(2)3)31(37)27(40-33)18-24-19-34-26-13-9-8-12-25(24)26/h5-20,30,34H,4H2,1-3H3. The van der Waals surface area contributed by atoms with Gasteiger partial charge in [-0.05, 0) is 36.1 Å². The maximum atomic E-state index is 14.1. The van der Waals surface area contributed by atoms with E-state index < -0.39 is 12.0 Å². The van der Waals surface area contributed by atoms with Crippen molar-refractivity contribution < 1.29 is 9.53 Å². The number of thiazole rings is 1. The lowest BCUT2D eigenvalue weighted by molar-refractivity contribution is -0.138. The highest BCUT2D eigenvalue weighted by Crippen LogP contribution is 2.35. The Morgan fingerprint density at radius 1 is 1.05 bits per heavy atom. The largest absolute Gasteiger partial charge is 0.463 e. The highest BCUT2D eigenvalue weighted by molar-refractivity contribution is 7.07. The third-order valence-corrected chi connectivity index (χ3v) is 8.18. The first-order chi connectivity index (χ1) is 19.5. The Hall–Kier alpha value is -4.49. The van der Waals surface area contributed by atoms with Crippen LogP contribution in [0.15, 0.2) is 100 Å². The van der Waals surface area contributed by atoms with Crippen molar-refractivity contribution in [2.24, 2.45) is 4.99 Å². The minimum absolute atomic E-state index is 0.194. The monoisotopic (exact) mass is 547 g/mol. The van der Waals surface area contributed by atoms with E-state index in [2.05, 4.69) is 31.0 Å². The Bertz CT molecular complexity index is 1930. The Morgan fingerprint density at radius 2 is 1.77 bits per heavy atom. The van der Waals surface area contributed by atoms with Crippen LogP contribution in [0.2, 0.25) is 0 Å². The van der Waals surface area contributed by atoms with E-state index in [0.29, 0.717) is 26.5 Å². The Kier molecular flexibility index (Phi) is 6.82. The second-order valence-corrected chi connectivity index (χ2v) is 11.1. The quantitative estimate of drug-likeness (QED) is 0.284. The van der Waals surface area contributed by atoms with Gasteiger partial charge in [0.15, 0.2) is 4.80 Å². The maximum Gasteiger partial charge on any atom is 0.338 e. The number of hydrogen-bond acceptors (Lipinski definition) is 5. The molecule has 1 N–H and O–H groups in total. The molecule has 5 aromatic rings. The molecule has 3 heterocycles. The second-order valence-electron chi connectivity index (χ2n) is 10.0. The van der Waals surface area contributed by atoms with Gasteiger partial charge < -0.3 is 9.72 Å². The minimum atomic E-state index is -0.683. The maximum absolute atomic E-state index is 14.1. The van der Waals surface area contributed by atoms with Gasteiger partial charge in [0.2, 0.25) is 0 Å². The first kappa shape index (κ1) is 25.8. The molecular formula is C33H29N3O3S. The number of carbonyl (C=O) groups is 1. The molecule has 200 valence electrons. The summed E-state index contributed by atoms with van der Waals surface area (Å²) in [6.07, 6.45) is 3.81. The SMILES string of the molecule is CCOC(=O)C1=C(c2ccccc2)N=c2sc(=Cc3c[nH]c4ccccc34)c(=O)n2C1c1ccc(C(C)C)cc1. The van der Waals surface area contributed by atoms with Crippen molar-refractivity contribution in [3.8, 4) is 0 Å². The van der Waals surface area contributed by atoms with Crippen molar-refractivity contribution in [3.63, 3.8) is 0 Å². The van der Waals surface area contributed by atoms with Crippen LogP contribution in [0.5, 0.6) is 0 Å². The van der Waals surface area contributed by atoms with E-state index in [1.54, 1.807) is 11.5 Å². The number of H-pyrrole nitrogens is 1. The van der Waals surface area contributed by atoms with E-state index in [9.17, 15) is 9.59 Å². The molecule has 7 heteroatoms. The Labute approximate surface area is 235 Å². The molecule has 1 unspecified atom stereocenters. The molecule has 0 saturated heterocycles. The molecule has 40 heavy (non-hydrogen) atoms. The summed E-state index contributed by atoms with van der Waals surface area (Å²) in [6, 6.07) is 25.1. The number of aromatic nitrogens is 2. The fraction of sp³-hybridized carbons (Fsp3) is 0.182. The summed E-state index contributed by atoms with van der Waals surface area (Å²) < 4.78 is 7.75. The molecule has 0 radical (unpaired) electrons. The molecule has 6 rings (SSSR count).